The molecular weight excluding hydrogens is 166 g/mol. The minimum atomic E-state index is 0.492. The number of nitrogens with one attached hydrogen (secondary N) is 1. The third kappa shape index (κ3) is 1.73. The van der Waals surface area contributed by atoms with E-state index in [9.17, 15) is 0 Å². The highest BCUT2D eigenvalue weighted by Crippen LogP contribution is 2.20. The maximum absolute atomic E-state index is 5.35. The summed E-state index contributed by atoms with van der Waals surface area (Å²) in [5, 5.41) is 3.13. The lowest BCUT2D eigenvalue weighted by Crippen LogP contribution is -2.15. The zero-order valence-corrected chi connectivity index (χ0v) is 7.86. The molecule has 1 N–H and O–H groups in total. The van der Waals surface area contributed by atoms with Crippen LogP contribution in [0.1, 0.15) is 18.2 Å². The zero-order chi connectivity index (χ0) is 9.10. The minimum absolute atomic E-state index is 0.492. The third-order valence-corrected chi connectivity index (χ3v) is 2.40. The van der Waals surface area contributed by atoms with Gasteiger partial charge >= 0.3 is 0 Å². The fourth-order valence-electron chi connectivity index (χ4n) is 1.72. The van der Waals surface area contributed by atoms with Gasteiger partial charge < -0.3 is 14.6 Å². The van der Waals surface area contributed by atoms with E-state index in [1.165, 1.54) is 5.69 Å². The van der Waals surface area contributed by atoms with Crippen LogP contribution in [0.4, 0.5) is 0 Å². The molecule has 1 atom stereocenters. The van der Waals surface area contributed by atoms with Crippen molar-refractivity contribution in [1.29, 1.82) is 0 Å². The maximum Gasteiger partial charge on any atom is 0.0952 e. The van der Waals surface area contributed by atoms with Gasteiger partial charge in [-0.05, 0) is 13.5 Å². The Morgan fingerprint density at radius 2 is 2.69 bits per heavy atom. The maximum atomic E-state index is 5.35. The predicted octanol–water partition coefficient (Wildman–Crippen LogP) is 0.564. The van der Waals surface area contributed by atoms with Crippen LogP contribution in [0.25, 0.3) is 0 Å². The molecule has 1 aliphatic heterocycles. The molecule has 72 valence electrons. The van der Waals surface area contributed by atoms with Gasteiger partial charge in [0.15, 0.2) is 0 Å². The van der Waals surface area contributed by atoms with E-state index >= 15 is 0 Å². The van der Waals surface area contributed by atoms with Crippen LogP contribution in [0.15, 0.2) is 12.5 Å². The number of aromatic nitrogens is 2. The molecule has 0 saturated carbocycles. The van der Waals surface area contributed by atoms with E-state index in [4.69, 9.17) is 4.74 Å². The SMILES string of the molecule is CNCc1cncn1C1CCOC1. The van der Waals surface area contributed by atoms with Gasteiger partial charge in [-0.25, -0.2) is 4.98 Å². The van der Waals surface area contributed by atoms with Crippen LogP contribution in [-0.4, -0.2) is 29.8 Å². The lowest BCUT2D eigenvalue weighted by molar-refractivity contribution is 0.186. The van der Waals surface area contributed by atoms with Gasteiger partial charge in [0.1, 0.15) is 0 Å². The van der Waals surface area contributed by atoms with Crippen molar-refractivity contribution in [3.63, 3.8) is 0 Å². The average Bonchev–Trinajstić information content (AvgIpc) is 2.71. The number of hydrogen-bond donors (Lipinski definition) is 1. The van der Waals surface area contributed by atoms with Crippen molar-refractivity contribution in [3.8, 4) is 0 Å². The van der Waals surface area contributed by atoms with Crippen LogP contribution in [0.5, 0.6) is 0 Å². The average molecular weight is 181 g/mol. The van der Waals surface area contributed by atoms with Gasteiger partial charge in [0.2, 0.25) is 0 Å². The molecular formula is C9H15N3O. The van der Waals surface area contributed by atoms with Gasteiger partial charge in [-0.2, -0.15) is 0 Å². The molecule has 1 aromatic heterocycles. The quantitative estimate of drug-likeness (QED) is 0.740. The van der Waals surface area contributed by atoms with E-state index in [2.05, 4.69) is 14.9 Å². The number of nitrogens with zero attached hydrogens (tertiary/aromatic N) is 2. The van der Waals surface area contributed by atoms with Gasteiger partial charge in [0.05, 0.1) is 24.7 Å². The van der Waals surface area contributed by atoms with Crippen LogP contribution in [0.2, 0.25) is 0 Å². The molecule has 4 heteroatoms. The molecule has 0 spiro atoms. The Bertz CT molecular complexity index is 266. The zero-order valence-electron chi connectivity index (χ0n) is 7.86. The van der Waals surface area contributed by atoms with Crippen LogP contribution in [0.3, 0.4) is 0 Å². The number of rotatable bonds is 3. The van der Waals surface area contributed by atoms with Gasteiger partial charge in [0, 0.05) is 19.3 Å². The topological polar surface area (TPSA) is 39.1 Å². The van der Waals surface area contributed by atoms with E-state index in [0.29, 0.717) is 6.04 Å². The Labute approximate surface area is 77.9 Å². The Morgan fingerprint density at radius 3 is 3.38 bits per heavy atom. The molecule has 0 bridgehead atoms. The summed E-state index contributed by atoms with van der Waals surface area (Å²) >= 11 is 0. The van der Waals surface area contributed by atoms with Crippen molar-refractivity contribution in [2.45, 2.75) is 19.0 Å². The van der Waals surface area contributed by atoms with E-state index < -0.39 is 0 Å². The highest BCUT2D eigenvalue weighted by molar-refractivity contribution is 5.00. The van der Waals surface area contributed by atoms with Gasteiger partial charge in [-0.1, -0.05) is 0 Å². The molecule has 1 unspecified atom stereocenters. The van der Waals surface area contributed by atoms with Crippen LogP contribution >= 0.6 is 0 Å². The molecule has 0 aliphatic carbocycles. The number of hydrogen-bond acceptors (Lipinski definition) is 3. The highest BCUT2D eigenvalue weighted by atomic mass is 16.5. The van der Waals surface area contributed by atoms with E-state index in [1.807, 2.05) is 19.6 Å². The Kier molecular flexibility index (Phi) is 2.61. The number of imidazole rings is 1. The predicted molar refractivity (Wildman–Crippen MR) is 49.5 cm³/mol. The summed E-state index contributed by atoms with van der Waals surface area (Å²) in [5.41, 5.74) is 1.23. The van der Waals surface area contributed by atoms with Crippen molar-refractivity contribution in [2.75, 3.05) is 20.3 Å². The first-order valence-corrected chi connectivity index (χ1v) is 4.65. The van der Waals surface area contributed by atoms with Crippen molar-refractivity contribution >= 4 is 0 Å². The second kappa shape index (κ2) is 3.89. The van der Waals surface area contributed by atoms with E-state index in [0.717, 1.165) is 26.2 Å². The smallest absolute Gasteiger partial charge is 0.0952 e. The lowest BCUT2D eigenvalue weighted by Gasteiger charge is -2.13. The molecule has 1 fully saturated rings. The molecule has 2 rings (SSSR count). The fourth-order valence-corrected chi connectivity index (χ4v) is 1.72. The molecule has 1 saturated heterocycles. The van der Waals surface area contributed by atoms with Crippen LogP contribution < -0.4 is 5.32 Å². The highest BCUT2D eigenvalue weighted by Gasteiger charge is 2.18. The summed E-state index contributed by atoms with van der Waals surface area (Å²) in [6.07, 6.45) is 4.91. The first-order chi connectivity index (χ1) is 6.42. The standard InChI is InChI=1S/C9H15N3O/c1-10-4-9-5-11-7-12(9)8-2-3-13-6-8/h5,7-8,10H,2-4,6H2,1H3. The van der Waals surface area contributed by atoms with Crippen molar-refractivity contribution in [1.82, 2.24) is 14.9 Å². The molecule has 4 nitrogen and oxygen atoms in total. The summed E-state index contributed by atoms with van der Waals surface area (Å²) < 4.78 is 7.56. The molecule has 13 heavy (non-hydrogen) atoms. The Balaban J connectivity index is 2.13. The first-order valence-electron chi connectivity index (χ1n) is 4.65. The second-order valence-electron chi connectivity index (χ2n) is 3.34. The van der Waals surface area contributed by atoms with Crippen LogP contribution in [-0.2, 0) is 11.3 Å². The van der Waals surface area contributed by atoms with Gasteiger partial charge in [0.25, 0.3) is 0 Å². The summed E-state index contributed by atoms with van der Waals surface area (Å²) in [7, 11) is 1.95. The Morgan fingerprint density at radius 1 is 1.77 bits per heavy atom. The summed E-state index contributed by atoms with van der Waals surface area (Å²) in [6, 6.07) is 0.492. The largest absolute Gasteiger partial charge is 0.379 e. The molecule has 0 aromatic carbocycles. The van der Waals surface area contributed by atoms with E-state index in [1.54, 1.807) is 0 Å². The fraction of sp³-hybridized carbons (Fsp3) is 0.667. The Hall–Kier alpha value is -0.870. The minimum Gasteiger partial charge on any atom is -0.379 e. The monoisotopic (exact) mass is 181 g/mol. The first kappa shape index (κ1) is 8.72. The van der Waals surface area contributed by atoms with Gasteiger partial charge in [-0.15, -0.1) is 0 Å². The molecule has 1 aromatic rings. The van der Waals surface area contributed by atoms with Crippen molar-refractivity contribution in [2.24, 2.45) is 0 Å². The molecule has 2 heterocycles. The van der Waals surface area contributed by atoms with E-state index in [-0.39, 0.29) is 0 Å². The summed E-state index contributed by atoms with van der Waals surface area (Å²) in [4.78, 5) is 4.15. The number of ether oxygens (including phenoxy) is 1. The summed E-state index contributed by atoms with van der Waals surface area (Å²) in [6.45, 7) is 2.57. The van der Waals surface area contributed by atoms with Crippen LogP contribution in [0, 0.1) is 0 Å². The van der Waals surface area contributed by atoms with Crippen molar-refractivity contribution < 1.29 is 4.74 Å². The second-order valence-corrected chi connectivity index (χ2v) is 3.34. The summed E-state index contributed by atoms with van der Waals surface area (Å²) in [5.74, 6) is 0. The molecule has 0 radical (unpaired) electrons. The lowest BCUT2D eigenvalue weighted by atomic mass is 10.2. The third-order valence-electron chi connectivity index (χ3n) is 2.40. The normalized spacial score (nSPS) is 22.4. The molecule has 1 aliphatic rings. The van der Waals surface area contributed by atoms with Crippen molar-refractivity contribution in [3.05, 3.63) is 18.2 Å². The van der Waals surface area contributed by atoms with Gasteiger partial charge in [-0.3, -0.25) is 0 Å². The molecule has 0 amide bonds.